The van der Waals surface area contributed by atoms with Gasteiger partial charge in [0.1, 0.15) is 0 Å². The summed E-state index contributed by atoms with van der Waals surface area (Å²) in [7, 11) is 0. The fraction of sp³-hybridized carbons (Fsp3) is 0.909. The second kappa shape index (κ2) is 11.5. The number of hydrazine groups is 1. The number of unbranched alkanes of at least 4 members (excludes halogenated alkanes) is 4. The molecule has 15 heavy (non-hydrogen) atoms. The maximum Gasteiger partial charge on any atom is 0.233 e. The lowest BCUT2D eigenvalue weighted by Crippen LogP contribution is -2.29. The van der Waals surface area contributed by atoms with Gasteiger partial charge in [-0.15, -0.1) is 0 Å². The third kappa shape index (κ3) is 11.3. The van der Waals surface area contributed by atoms with E-state index in [4.69, 9.17) is 10.6 Å². The Morgan fingerprint density at radius 2 is 1.80 bits per heavy atom. The summed E-state index contributed by atoms with van der Waals surface area (Å²) in [6, 6.07) is 0. The van der Waals surface area contributed by atoms with Gasteiger partial charge in [0.25, 0.3) is 0 Å². The van der Waals surface area contributed by atoms with Crippen LogP contribution in [0.3, 0.4) is 0 Å². The van der Waals surface area contributed by atoms with Crippen molar-refractivity contribution in [2.75, 3.05) is 13.2 Å². The minimum atomic E-state index is -0.0991. The highest BCUT2D eigenvalue weighted by Crippen LogP contribution is 2.00. The maximum absolute atomic E-state index is 10.7. The van der Waals surface area contributed by atoms with Crippen molar-refractivity contribution in [2.24, 2.45) is 5.84 Å². The Hall–Kier alpha value is -0.610. The minimum absolute atomic E-state index is 0.0991. The van der Waals surface area contributed by atoms with Crippen LogP contribution in [0.2, 0.25) is 0 Å². The number of amides is 1. The molecule has 0 fully saturated rings. The summed E-state index contributed by atoms with van der Waals surface area (Å²) in [5.74, 6) is 4.85. The summed E-state index contributed by atoms with van der Waals surface area (Å²) in [6.45, 7) is 3.80. The van der Waals surface area contributed by atoms with Gasteiger partial charge < -0.3 is 4.74 Å². The average Bonchev–Trinajstić information content (AvgIpc) is 2.26. The van der Waals surface area contributed by atoms with E-state index in [9.17, 15) is 4.79 Å². The molecule has 0 rings (SSSR count). The van der Waals surface area contributed by atoms with E-state index in [1.165, 1.54) is 19.3 Å². The number of nitrogens with two attached hydrogens (primary N) is 1. The number of carbonyl (C=O) groups excluding carboxylic acids is 1. The van der Waals surface area contributed by atoms with Gasteiger partial charge in [-0.3, -0.25) is 10.2 Å². The SMILES string of the molecule is CCCCCCOCCCCC(=O)NN. The average molecular weight is 216 g/mol. The molecule has 4 heteroatoms. The van der Waals surface area contributed by atoms with Gasteiger partial charge in [0, 0.05) is 19.6 Å². The Bertz CT molecular complexity index is 152. The summed E-state index contributed by atoms with van der Waals surface area (Å²) < 4.78 is 5.43. The third-order valence-electron chi connectivity index (χ3n) is 2.25. The third-order valence-corrected chi connectivity index (χ3v) is 2.25. The van der Waals surface area contributed by atoms with Gasteiger partial charge in [-0.1, -0.05) is 26.2 Å². The topological polar surface area (TPSA) is 64.3 Å². The van der Waals surface area contributed by atoms with E-state index < -0.39 is 0 Å². The first-order chi connectivity index (χ1) is 7.31. The zero-order valence-corrected chi connectivity index (χ0v) is 9.76. The molecule has 0 atom stereocenters. The van der Waals surface area contributed by atoms with Crippen LogP contribution in [0.5, 0.6) is 0 Å². The molecule has 0 saturated carbocycles. The van der Waals surface area contributed by atoms with Crippen LogP contribution in [0, 0.1) is 0 Å². The molecule has 0 aliphatic heterocycles. The predicted molar refractivity (Wildman–Crippen MR) is 61.1 cm³/mol. The predicted octanol–water partition coefficient (Wildman–Crippen LogP) is 1.74. The lowest BCUT2D eigenvalue weighted by atomic mass is 10.2. The van der Waals surface area contributed by atoms with Crippen molar-refractivity contribution in [3.05, 3.63) is 0 Å². The van der Waals surface area contributed by atoms with Crippen molar-refractivity contribution in [1.29, 1.82) is 0 Å². The molecule has 1 amide bonds. The molecule has 0 aromatic carbocycles. The molecule has 0 radical (unpaired) electrons. The monoisotopic (exact) mass is 216 g/mol. The number of nitrogens with one attached hydrogen (secondary N) is 1. The smallest absolute Gasteiger partial charge is 0.233 e. The lowest BCUT2D eigenvalue weighted by molar-refractivity contribution is -0.121. The van der Waals surface area contributed by atoms with Crippen molar-refractivity contribution < 1.29 is 9.53 Å². The molecule has 90 valence electrons. The van der Waals surface area contributed by atoms with Gasteiger partial charge in [-0.25, -0.2) is 5.84 Å². The van der Waals surface area contributed by atoms with Crippen LogP contribution < -0.4 is 11.3 Å². The van der Waals surface area contributed by atoms with E-state index in [0.717, 1.165) is 32.5 Å². The molecule has 0 aliphatic carbocycles. The van der Waals surface area contributed by atoms with Gasteiger partial charge >= 0.3 is 0 Å². The van der Waals surface area contributed by atoms with Gasteiger partial charge in [0.05, 0.1) is 0 Å². The van der Waals surface area contributed by atoms with Gasteiger partial charge in [0.15, 0.2) is 0 Å². The van der Waals surface area contributed by atoms with Gasteiger partial charge in [-0.05, 0) is 19.3 Å². The Morgan fingerprint density at radius 3 is 2.40 bits per heavy atom. The fourth-order valence-corrected chi connectivity index (χ4v) is 1.29. The Kier molecular flexibility index (Phi) is 11.0. The summed E-state index contributed by atoms with van der Waals surface area (Å²) in [6.07, 6.45) is 7.23. The van der Waals surface area contributed by atoms with Crippen molar-refractivity contribution in [1.82, 2.24) is 5.43 Å². The van der Waals surface area contributed by atoms with Crippen LogP contribution >= 0.6 is 0 Å². The molecule has 0 bridgehead atoms. The Labute approximate surface area is 92.5 Å². The maximum atomic E-state index is 10.7. The fourth-order valence-electron chi connectivity index (χ4n) is 1.29. The quantitative estimate of drug-likeness (QED) is 0.253. The zero-order chi connectivity index (χ0) is 11.4. The van der Waals surface area contributed by atoms with Crippen molar-refractivity contribution in [3.8, 4) is 0 Å². The number of ether oxygens (including phenoxy) is 1. The zero-order valence-electron chi connectivity index (χ0n) is 9.76. The first-order valence-electron chi connectivity index (χ1n) is 5.88. The highest BCUT2D eigenvalue weighted by molar-refractivity contribution is 5.74. The summed E-state index contributed by atoms with van der Waals surface area (Å²) in [5.41, 5.74) is 2.11. The minimum Gasteiger partial charge on any atom is -0.381 e. The first-order valence-corrected chi connectivity index (χ1v) is 5.88. The highest BCUT2D eigenvalue weighted by atomic mass is 16.5. The second-order valence-electron chi connectivity index (χ2n) is 3.70. The number of carbonyl (C=O) groups is 1. The largest absolute Gasteiger partial charge is 0.381 e. The molecular formula is C11H24N2O2. The molecule has 0 saturated heterocycles. The molecule has 0 spiro atoms. The van der Waals surface area contributed by atoms with Crippen LogP contribution in [0.25, 0.3) is 0 Å². The molecule has 3 N–H and O–H groups in total. The molecular weight excluding hydrogens is 192 g/mol. The van der Waals surface area contributed by atoms with Crippen LogP contribution in [0.15, 0.2) is 0 Å². The van der Waals surface area contributed by atoms with Gasteiger partial charge in [0.2, 0.25) is 5.91 Å². The molecule has 0 aromatic rings. The van der Waals surface area contributed by atoms with E-state index in [2.05, 4.69) is 12.3 Å². The molecule has 0 aliphatic rings. The van der Waals surface area contributed by atoms with Crippen LogP contribution in [0.4, 0.5) is 0 Å². The molecule has 0 heterocycles. The Balaban J connectivity index is 2.95. The molecule has 4 nitrogen and oxygen atoms in total. The van der Waals surface area contributed by atoms with E-state index in [-0.39, 0.29) is 5.91 Å². The van der Waals surface area contributed by atoms with Gasteiger partial charge in [-0.2, -0.15) is 0 Å². The molecule has 0 unspecified atom stereocenters. The lowest BCUT2D eigenvalue weighted by Gasteiger charge is -2.03. The summed E-state index contributed by atoms with van der Waals surface area (Å²) in [5, 5.41) is 0. The normalized spacial score (nSPS) is 10.3. The number of hydrogen-bond donors (Lipinski definition) is 2. The van der Waals surface area contributed by atoms with Crippen molar-refractivity contribution in [3.63, 3.8) is 0 Å². The van der Waals surface area contributed by atoms with Crippen LogP contribution in [-0.2, 0) is 9.53 Å². The highest BCUT2D eigenvalue weighted by Gasteiger charge is 1.97. The van der Waals surface area contributed by atoms with E-state index in [0.29, 0.717) is 6.42 Å². The summed E-state index contributed by atoms with van der Waals surface area (Å²) in [4.78, 5) is 10.7. The van der Waals surface area contributed by atoms with E-state index in [1.54, 1.807) is 0 Å². The summed E-state index contributed by atoms with van der Waals surface area (Å²) >= 11 is 0. The first kappa shape index (κ1) is 14.4. The van der Waals surface area contributed by atoms with Crippen molar-refractivity contribution >= 4 is 5.91 Å². The van der Waals surface area contributed by atoms with Crippen LogP contribution in [0.1, 0.15) is 51.9 Å². The molecule has 0 aromatic heterocycles. The Morgan fingerprint density at radius 1 is 1.13 bits per heavy atom. The van der Waals surface area contributed by atoms with Crippen LogP contribution in [-0.4, -0.2) is 19.1 Å². The van der Waals surface area contributed by atoms with E-state index in [1.807, 2.05) is 0 Å². The standard InChI is InChI=1S/C11H24N2O2/c1-2-3-4-6-9-15-10-7-5-8-11(14)13-12/h2-10,12H2,1H3,(H,13,14). The number of rotatable bonds is 10. The van der Waals surface area contributed by atoms with Crippen molar-refractivity contribution in [2.45, 2.75) is 51.9 Å². The van der Waals surface area contributed by atoms with E-state index >= 15 is 0 Å². The second-order valence-corrected chi connectivity index (χ2v) is 3.70. The number of hydrogen-bond acceptors (Lipinski definition) is 3.